The zero-order valence-corrected chi connectivity index (χ0v) is 10.6. The number of carboxylic acids is 1. The predicted molar refractivity (Wildman–Crippen MR) is 71.4 cm³/mol. The van der Waals surface area contributed by atoms with Crippen molar-refractivity contribution in [1.82, 2.24) is 0 Å². The number of nitrogens with one attached hydrogen (secondary N) is 1. The number of hydrogen-bond acceptors (Lipinski definition) is 3. The number of carbonyl (C=O) groups is 2. The van der Waals surface area contributed by atoms with Crippen molar-refractivity contribution in [3.05, 3.63) is 40.2 Å². The molecule has 0 saturated carbocycles. The van der Waals surface area contributed by atoms with Crippen LogP contribution in [0.25, 0.3) is 11.1 Å². The first-order valence-corrected chi connectivity index (χ1v) is 6.20. The summed E-state index contributed by atoms with van der Waals surface area (Å²) in [6.45, 7) is 0. The van der Waals surface area contributed by atoms with Crippen LogP contribution in [0.3, 0.4) is 0 Å². The van der Waals surface area contributed by atoms with Crippen LogP contribution in [0.4, 0.5) is 5.00 Å². The number of thiophene rings is 1. The summed E-state index contributed by atoms with van der Waals surface area (Å²) in [7, 11) is 0. The van der Waals surface area contributed by atoms with E-state index in [4.69, 9.17) is 11.6 Å². The molecule has 18 heavy (non-hydrogen) atoms. The Bertz CT molecular complexity index is 592. The Labute approximate surface area is 112 Å². The fourth-order valence-corrected chi connectivity index (χ4v) is 2.62. The average Bonchev–Trinajstić information content (AvgIpc) is 2.74. The third-order valence-corrected chi connectivity index (χ3v) is 3.51. The van der Waals surface area contributed by atoms with Gasteiger partial charge in [0.2, 0.25) is 6.41 Å². The molecule has 0 aliphatic rings. The van der Waals surface area contributed by atoms with Crippen LogP contribution in [-0.4, -0.2) is 17.5 Å². The van der Waals surface area contributed by atoms with E-state index in [-0.39, 0.29) is 5.56 Å². The molecule has 2 rings (SSSR count). The maximum absolute atomic E-state index is 11.2. The predicted octanol–water partition coefficient (Wildman–Crippen LogP) is 3.34. The van der Waals surface area contributed by atoms with Gasteiger partial charge in [0.25, 0.3) is 0 Å². The molecule has 0 aliphatic carbocycles. The number of aromatic carboxylic acids is 1. The van der Waals surface area contributed by atoms with E-state index in [0.29, 0.717) is 22.0 Å². The summed E-state index contributed by atoms with van der Waals surface area (Å²) in [6, 6.07) is 6.85. The van der Waals surface area contributed by atoms with E-state index >= 15 is 0 Å². The summed E-state index contributed by atoms with van der Waals surface area (Å²) in [4.78, 5) is 21.7. The molecule has 1 aromatic heterocycles. The second kappa shape index (κ2) is 5.20. The summed E-state index contributed by atoms with van der Waals surface area (Å²) in [6.07, 6.45) is 0.462. The molecule has 1 amide bonds. The summed E-state index contributed by atoms with van der Waals surface area (Å²) in [5, 5.41) is 14.2. The van der Waals surface area contributed by atoms with Gasteiger partial charge in [0, 0.05) is 16.0 Å². The number of amides is 1. The number of rotatable bonds is 4. The van der Waals surface area contributed by atoms with Gasteiger partial charge in [-0.1, -0.05) is 23.7 Å². The van der Waals surface area contributed by atoms with Gasteiger partial charge < -0.3 is 10.4 Å². The van der Waals surface area contributed by atoms with Crippen molar-refractivity contribution in [3.63, 3.8) is 0 Å². The number of carboxylic acid groups (broad SMARTS) is 1. The molecule has 0 saturated heterocycles. The first-order valence-electron chi connectivity index (χ1n) is 4.94. The quantitative estimate of drug-likeness (QED) is 0.845. The first kappa shape index (κ1) is 12.6. The smallest absolute Gasteiger partial charge is 0.339 e. The molecule has 0 aliphatic heterocycles. The minimum Gasteiger partial charge on any atom is -0.478 e. The van der Waals surface area contributed by atoms with Crippen LogP contribution in [0.15, 0.2) is 29.6 Å². The molecular weight excluding hydrogens is 274 g/mol. The standard InChI is InChI=1S/C12H8ClNO3S/c13-8-3-1-7(2-4-8)9-5-18-11(14-6-15)10(9)12(16)17/h1-6H,(H,14,15)(H,16,17). The molecule has 0 atom stereocenters. The van der Waals surface area contributed by atoms with Crippen LogP contribution in [0.5, 0.6) is 0 Å². The highest BCUT2D eigenvalue weighted by Gasteiger charge is 2.19. The summed E-state index contributed by atoms with van der Waals surface area (Å²) in [5.74, 6) is -1.08. The van der Waals surface area contributed by atoms with Gasteiger partial charge in [-0.2, -0.15) is 0 Å². The zero-order chi connectivity index (χ0) is 13.1. The molecule has 2 N–H and O–H groups in total. The zero-order valence-electron chi connectivity index (χ0n) is 9.01. The molecular formula is C12H8ClNO3S. The SMILES string of the molecule is O=CNc1scc(-c2ccc(Cl)cc2)c1C(=O)O. The highest BCUT2D eigenvalue weighted by atomic mass is 35.5. The van der Waals surface area contributed by atoms with Gasteiger partial charge >= 0.3 is 5.97 Å². The number of hydrogen-bond donors (Lipinski definition) is 2. The lowest BCUT2D eigenvalue weighted by Gasteiger charge is -2.02. The molecule has 1 heterocycles. The molecule has 1 aromatic carbocycles. The fraction of sp³-hybridized carbons (Fsp3) is 0. The molecule has 0 fully saturated rings. The third-order valence-electron chi connectivity index (χ3n) is 2.35. The minimum atomic E-state index is -1.08. The van der Waals surface area contributed by atoms with Gasteiger partial charge in [-0.05, 0) is 17.7 Å². The normalized spacial score (nSPS) is 10.1. The van der Waals surface area contributed by atoms with Gasteiger partial charge in [0.15, 0.2) is 0 Å². The van der Waals surface area contributed by atoms with E-state index in [9.17, 15) is 14.7 Å². The van der Waals surface area contributed by atoms with Crippen LogP contribution in [-0.2, 0) is 4.79 Å². The second-order valence-corrected chi connectivity index (χ2v) is 4.74. The van der Waals surface area contributed by atoms with Crippen LogP contribution in [0.2, 0.25) is 5.02 Å². The second-order valence-electron chi connectivity index (χ2n) is 3.43. The average molecular weight is 282 g/mol. The topological polar surface area (TPSA) is 66.4 Å². The Morgan fingerprint density at radius 3 is 2.56 bits per heavy atom. The van der Waals surface area contributed by atoms with E-state index in [2.05, 4.69) is 5.32 Å². The lowest BCUT2D eigenvalue weighted by atomic mass is 10.0. The molecule has 0 unspecified atom stereocenters. The fourth-order valence-electron chi connectivity index (χ4n) is 1.57. The summed E-state index contributed by atoms with van der Waals surface area (Å²) < 4.78 is 0. The van der Waals surface area contributed by atoms with E-state index in [1.54, 1.807) is 29.6 Å². The van der Waals surface area contributed by atoms with Crippen molar-refractivity contribution < 1.29 is 14.7 Å². The van der Waals surface area contributed by atoms with Crippen molar-refractivity contribution in [1.29, 1.82) is 0 Å². The molecule has 92 valence electrons. The largest absolute Gasteiger partial charge is 0.478 e. The number of anilines is 1. The lowest BCUT2D eigenvalue weighted by molar-refractivity contribution is -0.105. The molecule has 0 radical (unpaired) electrons. The minimum absolute atomic E-state index is 0.0921. The number of halogens is 1. The Kier molecular flexibility index (Phi) is 3.64. The highest BCUT2D eigenvalue weighted by Crippen LogP contribution is 2.35. The third kappa shape index (κ3) is 2.37. The van der Waals surface area contributed by atoms with Crippen LogP contribution in [0, 0.1) is 0 Å². The maximum atomic E-state index is 11.2. The molecule has 4 nitrogen and oxygen atoms in total. The van der Waals surface area contributed by atoms with Crippen molar-refractivity contribution in [3.8, 4) is 11.1 Å². The van der Waals surface area contributed by atoms with Gasteiger partial charge in [0.05, 0.1) is 0 Å². The monoisotopic (exact) mass is 281 g/mol. The van der Waals surface area contributed by atoms with Gasteiger partial charge in [-0.25, -0.2) is 4.79 Å². The Balaban J connectivity index is 2.53. The molecule has 0 bridgehead atoms. The van der Waals surface area contributed by atoms with Gasteiger partial charge in [0.1, 0.15) is 10.6 Å². The van der Waals surface area contributed by atoms with Gasteiger partial charge in [-0.15, -0.1) is 11.3 Å². The van der Waals surface area contributed by atoms with Crippen molar-refractivity contribution in [2.75, 3.05) is 5.32 Å². The van der Waals surface area contributed by atoms with E-state index in [1.807, 2.05) is 0 Å². The molecule has 0 spiro atoms. The van der Waals surface area contributed by atoms with Crippen LogP contribution >= 0.6 is 22.9 Å². The molecule has 2 aromatic rings. The van der Waals surface area contributed by atoms with Crippen LogP contribution < -0.4 is 5.32 Å². The lowest BCUT2D eigenvalue weighted by Crippen LogP contribution is -2.02. The van der Waals surface area contributed by atoms with Crippen molar-refractivity contribution >= 4 is 40.3 Å². The number of carbonyl (C=O) groups excluding carboxylic acids is 1. The first-order chi connectivity index (χ1) is 8.63. The summed E-state index contributed by atoms with van der Waals surface area (Å²) >= 11 is 6.96. The maximum Gasteiger partial charge on any atom is 0.339 e. The van der Waals surface area contributed by atoms with E-state index in [1.165, 1.54) is 11.3 Å². The van der Waals surface area contributed by atoms with Crippen LogP contribution in [0.1, 0.15) is 10.4 Å². The van der Waals surface area contributed by atoms with E-state index in [0.717, 1.165) is 5.56 Å². The Morgan fingerprint density at radius 2 is 2.00 bits per heavy atom. The van der Waals surface area contributed by atoms with Crippen molar-refractivity contribution in [2.24, 2.45) is 0 Å². The van der Waals surface area contributed by atoms with E-state index < -0.39 is 5.97 Å². The number of benzene rings is 1. The highest BCUT2D eigenvalue weighted by molar-refractivity contribution is 7.15. The Hall–Kier alpha value is -1.85. The summed E-state index contributed by atoms with van der Waals surface area (Å²) in [5.41, 5.74) is 1.40. The van der Waals surface area contributed by atoms with Crippen molar-refractivity contribution in [2.45, 2.75) is 0 Å². The van der Waals surface area contributed by atoms with Gasteiger partial charge in [-0.3, -0.25) is 4.79 Å². The Morgan fingerprint density at radius 1 is 1.33 bits per heavy atom. The molecule has 6 heteroatoms.